The first-order valence-corrected chi connectivity index (χ1v) is 7.88. The average molecular weight is 308 g/mol. The molecule has 118 valence electrons. The molecule has 2 aromatic heterocycles. The van der Waals surface area contributed by atoms with E-state index in [9.17, 15) is 4.79 Å². The number of fused-ring (bicyclic) bond motifs is 1. The highest BCUT2D eigenvalue weighted by Crippen LogP contribution is 2.33. The van der Waals surface area contributed by atoms with Gasteiger partial charge < -0.3 is 9.67 Å². The summed E-state index contributed by atoms with van der Waals surface area (Å²) in [5.74, 6) is -0.731. The number of para-hydroxylation sites is 1. The zero-order valence-electron chi connectivity index (χ0n) is 13.2. The van der Waals surface area contributed by atoms with E-state index in [0.717, 1.165) is 18.5 Å². The van der Waals surface area contributed by atoms with E-state index >= 15 is 0 Å². The van der Waals surface area contributed by atoms with Crippen molar-refractivity contribution in [3.63, 3.8) is 0 Å². The van der Waals surface area contributed by atoms with Crippen molar-refractivity contribution >= 4 is 16.9 Å². The molecule has 0 atom stereocenters. The minimum atomic E-state index is -0.731. The molecule has 0 radical (unpaired) electrons. The lowest BCUT2D eigenvalue weighted by atomic mass is 10.1. The van der Waals surface area contributed by atoms with E-state index in [1.165, 1.54) is 22.2 Å². The number of rotatable bonds is 6. The van der Waals surface area contributed by atoms with Crippen molar-refractivity contribution in [2.75, 3.05) is 0 Å². The molecule has 3 aromatic rings. The van der Waals surface area contributed by atoms with Crippen LogP contribution < -0.4 is 0 Å². The first-order valence-electron chi connectivity index (χ1n) is 7.88. The fourth-order valence-electron chi connectivity index (χ4n) is 3.13. The van der Waals surface area contributed by atoms with Gasteiger partial charge in [0.25, 0.3) is 0 Å². The van der Waals surface area contributed by atoms with Gasteiger partial charge >= 0.3 is 5.97 Å². The summed E-state index contributed by atoms with van der Waals surface area (Å²) in [6.45, 7) is 2.95. The van der Waals surface area contributed by atoms with E-state index in [2.05, 4.69) is 40.7 Å². The van der Waals surface area contributed by atoms with Crippen molar-refractivity contribution in [3.8, 4) is 11.3 Å². The van der Waals surface area contributed by atoms with Gasteiger partial charge in [0.05, 0.1) is 5.69 Å². The SMILES string of the molecule is Cc1c(-c2cccnc2)n(CCCCC(=O)O)c2ccccc12. The first kappa shape index (κ1) is 15.3. The summed E-state index contributed by atoms with van der Waals surface area (Å²) in [7, 11) is 0. The molecule has 4 nitrogen and oxygen atoms in total. The lowest BCUT2D eigenvalue weighted by molar-refractivity contribution is -0.137. The third-order valence-electron chi connectivity index (χ3n) is 4.18. The summed E-state index contributed by atoms with van der Waals surface area (Å²) in [6, 6.07) is 12.4. The second kappa shape index (κ2) is 6.65. The number of aromatic nitrogens is 2. The molecule has 2 heterocycles. The molecule has 0 saturated heterocycles. The largest absolute Gasteiger partial charge is 0.481 e. The minimum Gasteiger partial charge on any atom is -0.481 e. The molecule has 0 aliphatic rings. The molecule has 0 aliphatic heterocycles. The molecule has 0 saturated carbocycles. The fraction of sp³-hybridized carbons (Fsp3) is 0.263. The average Bonchev–Trinajstić information content (AvgIpc) is 2.85. The van der Waals surface area contributed by atoms with E-state index in [1.807, 2.05) is 18.3 Å². The van der Waals surface area contributed by atoms with Gasteiger partial charge in [-0.15, -0.1) is 0 Å². The van der Waals surface area contributed by atoms with Crippen LogP contribution in [0.25, 0.3) is 22.2 Å². The maximum atomic E-state index is 10.7. The summed E-state index contributed by atoms with van der Waals surface area (Å²) < 4.78 is 2.30. The Labute approximate surface area is 135 Å². The Balaban J connectivity index is 2.01. The fourth-order valence-corrected chi connectivity index (χ4v) is 3.13. The number of nitrogens with zero attached hydrogens (tertiary/aromatic N) is 2. The van der Waals surface area contributed by atoms with Crippen LogP contribution in [-0.4, -0.2) is 20.6 Å². The van der Waals surface area contributed by atoms with Crippen molar-refractivity contribution < 1.29 is 9.90 Å². The van der Waals surface area contributed by atoms with E-state index in [4.69, 9.17) is 5.11 Å². The normalized spacial score (nSPS) is 11.0. The summed E-state index contributed by atoms with van der Waals surface area (Å²) in [6.07, 6.45) is 5.42. The van der Waals surface area contributed by atoms with Crippen molar-refractivity contribution in [3.05, 3.63) is 54.4 Å². The van der Waals surface area contributed by atoms with Gasteiger partial charge in [0.1, 0.15) is 0 Å². The number of carboxylic acids is 1. The molecule has 1 aromatic carbocycles. The molecule has 0 spiro atoms. The van der Waals surface area contributed by atoms with Gasteiger partial charge in [-0.05, 0) is 43.5 Å². The molecule has 0 amide bonds. The second-order valence-electron chi connectivity index (χ2n) is 5.73. The predicted molar refractivity (Wildman–Crippen MR) is 91.4 cm³/mol. The molecule has 0 bridgehead atoms. The van der Waals surface area contributed by atoms with E-state index < -0.39 is 5.97 Å². The molecule has 3 rings (SSSR count). The number of carboxylic acid groups (broad SMARTS) is 1. The smallest absolute Gasteiger partial charge is 0.303 e. The number of unbranched alkanes of at least 4 members (excludes halogenated alkanes) is 1. The topological polar surface area (TPSA) is 55.1 Å². The van der Waals surface area contributed by atoms with Crippen molar-refractivity contribution in [2.24, 2.45) is 0 Å². The lowest BCUT2D eigenvalue weighted by Gasteiger charge is -2.11. The molecule has 0 unspecified atom stereocenters. The molecule has 23 heavy (non-hydrogen) atoms. The van der Waals surface area contributed by atoms with Gasteiger partial charge in [-0.1, -0.05) is 18.2 Å². The van der Waals surface area contributed by atoms with Crippen molar-refractivity contribution in [1.82, 2.24) is 9.55 Å². The van der Waals surface area contributed by atoms with Gasteiger partial charge in [0, 0.05) is 41.8 Å². The first-order chi connectivity index (χ1) is 11.2. The van der Waals surface area contributed by atoms with Crippen molar-refractivity contribution in [2.45, 2.75) is 32.7 Å². The Morgan fingerprint density at radius 2 is 2.00 bits per heavy atom. The van der Waals surface area contributed by atoms with E-state index in [0.29, 0.717) is 6.42 Å². The molecular formula is C19H20N2O2. The zero-order valence-corrected chi connectivity index (χ0v) is 13.2. The third-order valence-corrected chi connectivity index (χ3v) is 4.18. The Hall–Kier alpha value is -2.62. The van der Waals surface area contributed by atoms with Crippen LogP contribution in [0.15, 0.2) is 48.8 Å². The van der Waals surface area contributed by atoms with E-state index in [-0.39, 0.29) is 6.42 Å². The number of aliphatic carboxylic acids is 1. The van der Waals surface area contributed by atoms with Gasteiger partial charge in [-0.2, -0.15) is 0 Å². The van der Waals surface area contributed by atoms with Crippen LogP contribution in [-0.2, 0) is 11.3 Å². The quantitative estimate of drug-likeness (QED) is 0.692. The standard InChI is InChI=1S/C19H20N2O2/c1-14-16-8-2-3-9-17(16)21(12-5-4-10-18(22)23)19(14)15-7-6-11-20-13-15/h2-3,6-9,11,13H,4-5,10,12H2,1H3,(H,22,23). The monoisotopic (exact) mass is 308 g/mol. The molecule has 0 fully saturated rings. The van der Waals surface area contributed by atoms with Gasteiger partial charge in [-0.3, -0.25) is 9.78 Å². The summed E-state index contributed by atoms with van der Waals surface area (Å²) in [5.41, 5.74) is 4.71. The highest BCUT2D eigenvalue weighted by atomic mass is 16.4. The van der Waals surface area contributed by atoms with Crippen LogP contribution >= 0.6 is 0 Å². The minimum absolute atomic E-state index is 0.223. The van der Waals surface area contributed by atoms with Crippen LogP contribution in [0.5, 0.6) is 0 Å². The molecule has 1 N–H and O–H groups in total. The molecular weight excluding hydrogens is 288 g/mol. The Bertz CT molecular complexity index is 822. The lowest BCUT2D eigenvalue weighted by Crippen LogP contribution is -2.02. The second-order valence-corrected chi connectivity index (χ2v) is 5.73. The number of carbonyl (C=O) groups is 1. The number of pyridine rings is 1. The number of benzene rings is 1. The van der Waals surface area contributed by atoms with E-state index in [1.54, 1.807) is 6.20 Å². The Morgan fingerprint density at radius 1 is 1.17 bits per heavy atom. The van der Waals surface area contributed by atoms with Gasteiger partial charge in [0.2, 0.25) is 0 Å². The maximum absolute atomic E-state index is 10.7. The van der Waals surface area contributed by atoms with Gasteiger partial charge in [0.15, 0.2) is 0 Å². The summed E-state index contributed by atoms with van der Waals surface area (Å²) in [4.78, 5) is 14.9. The highest BCUT2D eigenvalue weighted by molar-refractivity contribution is 5.91. The summed E-state index contributed by atoms with van der Waals surface area (Å²) >= 11 is 0. The third kappa shape index (κ3) is 3.11. The van der Waals surface area contributed by atoms with Crippen molar-refractivity contribution in [1.29, 1.82) is 0 Å². The maximum Gasteiger partial charge on any atom is 0.303 e. The Morgan fingerprint density at radius 3 is 2.74 bits per heavy atom. The highest BCUT2D eigenvalue weighted by Gasteiger charge is 2.15. The predicted octanol–water partition coefficient (Wildman–Crippen LogP) is 4.27. The van der Waals surface area contributed by atoms with Gasteiger partial charge in [-0.25, -0.2) is 0 Å². The van der Waals surface area contributed by atoms with Crippen LogP contribution in [0.4, 0.5) is 0 Å². The van der Waals surface area contributed by atoms with Crippen LogP contribution in [0.1, 0.15) is 24.8 Å². The molecule has 0 aliphatic carbocycles. The Kier molecular flexibility index (Phi) is 4.42. The number of hydrogen-bond donors (Lipinski definition) is 1. The zero-order chi connectivity index (χ0) is 16.2. The molecule has 4 heteroatoms. The van der Waals surface area contributed by atoms with Crippen LogP contribution in [0, 0.1) is 6.92 Å². The van der Waals surface area contributed by atoms with Crippen LogP contribution in [0.2, 0.25) is 0 Å². The van der Waals surface area contributed by atoms with Crippen LogP contribution in [0.3, 0.4) is 0 Å². The number of aryl methyl sites for hydroxylation is 2. The summed E-state index contributed by atoms with van der Waals surface area (Å²) in [5, 5.41) is 10.0. The number of hydrogen-bond acceptors (Lipinski definition) is 2.